The molecule has 0 bridgehead atoms. The number of carbonyl (C=O) groups is 1. The maximum Gasteiger partial charge on any atom is 0.317 e. The quantitative estimate of drug-likeness (QED) is 0.894. The number of nitrogens with zero attached hydrogens (tertiary/aromatic N) is 1. The van der Waals surface area contributed by atoms with E-state index >= 15 is 0 Å². The molecular formula is C19H25FN2O3. The molecule has 2 heterocycles. The summed E-state index contributed by atoms with van der Waals surface area (Å²) in [5, 5.41) is 3.12. The predicted molar refractivity (Wildman–Crippen MR) is 91.0 cm³/mol. The van der Waals surface area contributed by atoms with Gasteiger partial charge in [-0.05, 0) is 43.4 Å². The van der Waals surface area contributed by atoms with E-state index in [-0.39, 0.29) is 29.6 Å². The molecule has 1 aliphatic carbocycles. The third-order valence-electron chi connectivity index (χ3n) is 5.92. The average Bonchev–Trinajstić information content (AvgIpc) is 2.90. The molecule has 1 N–H and O–H groups in total. The Balaban J connectivity index is 1.30. The summed E-state index contributed by atoms with van der Waals surface area (Å²) in [6.45, 7) is 4.45. The minimum absolute atomic E-state index is 0.0177. The standard InChI is InChI=1S/C19H25FN2O3/c1-13-19(5-7-24-13)12-22(6-8-25-19)18(23)21-17-10-15(11-17)14-3-2-4-16(20)9-14/h2-4,9,13,15,17H,5-8,10-12H2,1H3,(H,21,23). The lowest BCUT2D eigenvalue weighted by molar-refractivity contribution is -0.125. The van der Waals surface area contributed by atoms with Gasteiger partial charge in [0.2, 0.25) is 0 Å². The Morgan fingerprint density at radius 1 is 1.36 bits per heavy atom. The van der Waals surface area contributed by atoms with Gasteiger partial charge in [-0.15, -0.1) is 0 Å². The first-order valence-corrected chi connectivity index (χ1v) is 9.12. The number of amides is 2. The Hall–Kier alpha value is -1.66. The molecule has 6 heteroatoms. The van der Waals surface area contributed by atoms with Crippen molar-refractivity contribution in [3.8, 4) is 0 Å². The lowest BCUT2D eigenvalue weighted by Gasteiger charge is -2.43. The predicted octanol–water partition coefficient (Wildman–Crippen LogP) is 2.66. The van der Waals surface area contributed by atoms with Crippen LogP contribution in [0.3, 0.4) is 0 Å². The van der Waals surface area contributed by atoms with Gasteiger partial charge in [-0.2, -0.15) is 0 Å². The number of hydrogen-bond acceptors (Lipinski definition) is 3. The topological polar surface area (TPSA) is 50.8 Å². The van der Waals surface area contributed by atoms with E-state index in [0.717, 1.165) is 24.8 Å². The summed E-state index contributed by atoms with van der Waals surface area (Å²) in [6, 6.07) is 6.90. The highest BCUT2D eigenvalue weighted by molar-refractivity contribution is 5.75. The molecular weight excluding hydrogens is 323 g/mol. The fraction of sp³-hybridized carbons (Fsp3) is 0.632. The first-order chi connectivity index (χ1) is 12.1. The molecule has 25 heavy (non-hydrogen) atoms. The van der Waals surface area contributed by atoms with Gasteiger partial charge in [0.25, 0.3) is 0 Å². The van der Waals surface area contributed by atoms with Crippen molar-refractivity contribution < 1.29 is 18.7 Å². The van der Waals surface area contributed by atoms with Gasteiger partial charge in [0.1, 0.15) is 11.4 Å². The van der Waals surface area contributed by atoms with Crippen LogP contribution in [0.5, 0.6) is 0 Å². The second-order valence-corrected chi connectivity index (χ2v) is 7.47. The van der Waals surface area contributed by atoms with E-state index in [2.05, 4.69) is 5.32 Å². The van der Waals surface area contributed by atoms with Gasteiger partial charge < -0.3 is 19.7 Å². The van der Waals surface area contributed by atoms with Crippen LogP contribution < -0.4 is 5.32 Å². The third kappa shape index (κ3) is 3.25. The second-order valence-electron chi connectivity index (χ2n) is 7.47. The normalized spacial score (nSPS) is 34.8. The zero-order valence-electron chi connectivity index (χ0n) is 14.5. The Kier molecular flexibility index (Phi) is 4.41. The number of carbonyl (C=O) groups excluding carboxylic acids is 1. The number of nitrogens with one attached hydrogen (secondary N) is 1. The van der Waals surface area contributed by atoms with Gasteiger partial charge >= 0.3 is 6.03 Å². The van der Waals surface area contributed by atoms with E-state index < -0.39 is 0 Å². The molecule has 136 valence electrons. The Labute approximate surface area is 147 Å². The number of halogens is 1. The van der Waals surface area contributed by atoms with Gasteiger partial charge in [-0.25, -0.2) is 9.18 Å². The van der Waals surface area contributed by atoms with Gasteiger partial charge in [-0.3, -0.25) is 0 Å². The number of benzene rings is 1. The van der Waals surface area contributed by atoms with E-state index in [1.165, 1.54) is 6.07 Å². The first-order valence-electron chi connectivity index (χ1n) is 9.12. The van der Waals surface area contributed by atoms with Crippen molar-refractivity contribution in [2.75, 3.05) is 26.3 Å². The van der Waals surface area contributed by atoms with Crippen molar-refractivity contribution in [1.82, 2.24) is 10.2 Å². The molecule has 2 amide bonds. The molecule has 5 nitrogen and oxygen atoms in total. The number of rotatable bonds is 2. The fourth-order valence-electron chi connectivity index (χ4n) is 4.18. The maximum absolute atomic E-state index is 13.3. The van der Waals surface area contributed by atoms with Crippen molar-refractivity contribution in [3.63, 3.8) is 0 Å². The monoisotopic (exact) mass is 348 g/mol. The highest BCUT2D eigenvalue weighted by Crippen LogP contribution is 2.37. The molecule has 1 aromatic rings. The van der Waals surface area contributed by atoms with E-state index in [1.807, 2.05) is 17.9 Å². The van der Waals surface area contributed by atoms with Crippen LogP contribution in [-0.4, -0.2) is 55.0 Å². The smallest absolute Gasteiger partial charge is 0.317 e. The van der Waals surface area contributed by atoms with Crippen LogP contribution in [-0.2, 0) is 9.47 Å². The van der Waals surface area contributed by atoms with Crippen molar-refractivity contribution in [1.29, 1.82) is 0 Å². The Morgan fingerprint density at radius 2 is 2.20 bits per heavy atom. The van der Waals surface area contributed by atoms with Gasteiger partial charge in [-0.1, -0.05) is 12.1 Å². The largest absolute Gasteiger partial charge is 0.375 e. The Bertz CT molecular complexity index is 649. The van der Waals surface area contributed by atoms with Crippen LogP contribution in [0.4, 0.5) is 9.18 Å². The molecule has 3 aliphatic rings. The minimum Gasteiger partial charge on any atom is -0.375 e. The molecule has 4 rings (SSSR count). The lowest BCUT2D eigenvalue weighted by atomic mass is 9.76. The second kappa shape index (κ2) is 6.57. The molecule has 1 aromatic carbocycles. The van der Waals surface area contributed by atoms with E-state index in [1.54, 1.807) is 12.1 Å². The highest BCUT2D eigenvalue weighted by Gasteiger charge is 2.47. The molecule has 1 spiro atoms. The molecule has 2 unspecified atom stereocenters. The first kappa shape index (κ1) is 16.8. The zero-order chi connectivity index (χ0) is 17.4. The van der Waals surface area contributed by atoms with Crippen LogP contribution in [0.1, 0.15) is 37.7 Å². The van der Waals surface area contributed by atoms with Gasteiger partial charge in [0.05, 0.1) is 19.3 Å². The van der Waals surface area contributed by atoms with Crippen LogP contribution in [0.2, 0.25) is 0 Å². The molecule has 0 aromatic heterocycles. The van der Waals surface area contributed by atoms with Crippen molar-refractivity contribution in [2.45, 2.75) is 49.9 Å². The molecule has 3 fully saturated rings. The summed E-state index contributed by atoms with van der Waals surface area (Å²) in [7, 11) is 0. The van der Waals surface area contributed by atoms with E-state index in [9.17, 15) is 9.18 Å². The zero-order valence-corrected chi connectivity index (χ0v) is 14.5. The van der Waals surface area contributed by atoms with Crippen LogP contribution in [0.15, 0.2) is 24.3 Å². The molecule has 2 saturated heterocycles. The Morgan fingerprint density at radius 3 is 2.92 bits per heavy atom. The number of hydrogen-bond donors (Lipinski definition) is 1. The highest BCUT2D eigenvalue weighted by atomic mass is 19.1. The van der Waals surface area contributed by atoms with Crippen LogP contribution in [0.25, 0.3) is 0 Å². The number of ether oxygens (including phenoxy) is 2. The molecule has 2 aliphatic heterocycles. The lowest BCUT2D eigenvalue weighted by Crippen LogP contribution is -2.60. The third-order valence-corrected chi connectivity index (χ3v) is 5.92. The SMILES string of the molecule is CC1OCCC12CN(C(=O)NC1CC(c3cccc(F)c3)C1)CCO2. The maximum atomic E-state index is 13.3. The summed E-state index contributed by atoms with van der Waals surface area (Å²) < 4.78 is 24.9. The summed E-state index contributed by atoms with van der Waals surface area (Å²) in [5.41, 5.74) is 0.673. The van der Waals surface area contributed by atoms with Crippen molar-refractivity contribution in [2.24, 2.45) is 0 Å². The minimum atomic E-state index is -0.348. The average molecular weight is 348 g/mol. The summed E-state index contributed by atoms with van der Waals surface area (Å²) >= 11 is 0. The summed E-state index contributed by atoms with van der Waals surface area (Å²) in [5.74, 6) is 0.136. The molecule has 1 saturated carbocycles. The van der Waals surface area contributed by atoms with Crippen LogP contribution >= 0.6 is 0 Å². The van der Waals surface area contributed by atoms with Crippen LogP contribution in [0, 0.1) is 5.82 Å². The van der Waals surface area contributed by atoms with E-state index in [4.69, 9.17) is 9.47 Å². The van der Waals surface area contributed by atoms with Crippen molar-refractivity contribution in [3.05, 3.63) is 35.6 Å². The van der Waals surface area contributed by atoms with Crippen molar-refractivity contribution >= 4 is 6.03 Å². The summed E-state index contributed by atoms with van der Waals surface area (Å²) in [6.07, 6.45) is 2.58. The number of urea groups is 1. The van der Waals surface area contributed by atoms with Gasteiger partial charge in [0.15, 0.2) is 0 Å². The fourth-order valence-corrected chi connectivity index (χ4v) is 4.18. The van der Waals surface area contributed by atoms with Gasteiger partial charge in [0, 0.05) is 25.6 Å². The van der Waals surface area contributed by atoms with E-state index in [0.29, 0.717) is 32.2 Å². The number of morpholine rings is 1. The molecule has 0 radical (unpaired) electrons. The molecule has 2 atom stereocenters. The summed E-state index contributed by atoms with van der Waals surface area (Å²) in [4.78, 5) is 14.5.